The van der Waals surface area contributed by atoms with Crippen molar-refractivity contribution < 1.29 is 0 Å². The molecular weight excluding hydrogens is 132 g/mol. The van der Waals surface area contributed by atoms with Gasteiger partial charge in [-0.1, -0.05) is 37.1 Å². The Balaban J connectivity index is 3.91. The fraction of sp³-hybridized carbons (Fsp3) is 0.636. The van der Waals surface area contributed by atoms with Gasteiger partial charge < -0.3 is 0 Å². The third-order valence-electron chi connectivity index (χ3n) is 1.43. The Morgan fingerprint density at radius 3 is 2.00 bits per heavy atom. The van der Waals surface area contributed by atoms with Crippen LogP contribution in [0.25, 0.3) is 0 Å². The van der Waals surface area contributed by atoms with Gasteiger partial charge in [0.15, 0.2) is 0 Å². The Bertz CT molecular complexity index is 155. The van der Waals surface area contributed by atoms with Crippen LogP contribution in [0.4, 0.5) is 0 Å². The van der Waals surface area contributed by atoms with Crippen LogP contribution in [0.3, 0.4) is 0 Å². The maximum Gasteiger partial charge on any atom is -0.0297 e. The molecule has 0 heteroatoms. The summed E-state index contributed by atoms with van der Waals surface area (Å²) in [7, 11) is 0. The summed E-state index contributed by atoms with van der Waals surface area (Å²) in [6.45, 7) is 10.9. The van der Waals surface area contributed by atoms with Crippen molar-refractivity contribution in [3.05, 3.63) is 23.3 Å². The molecule has 64 valence electrons. The Kier molecular flexibility index (Phi) is 4.93. The standard InChI is InChI=1S/C11H20/c1-9(2)6-7-11(5)8-10(3)4/h6-7,10H,8H2,1-5H3. The first kappa shape index (κ1) is 10.5. The van der Waals surface area contributed by atoms with E-state index < -0.39 is 0 Å². The van der Waals surface area contributed by atoms with Crippen molar-refractivity contribution in [2.45, 2.75) is 41.0 Å². The van der Waals surface area contributed by atoms with Crippen molar-refractivity contribution in [1.82, 2.24) is 0 Å². The molecule has 0 spiro atoms. The van der Waals surface area contributed by atoms with Gasteiger partial charge in [-0.15, -0.1) is 0 Å². The summed E-state index contributed by atoms with van der Waals surface area (Å²) >= 11 is 0. The second-order valence-electron chi connectivity index (χ2n) is 3.86. The predicted molar refractivity (Wildman–Crippen MR) is 52.6 cm³/mol. The highest BCUT2D eigenvalue weighted by Crippen LogP contribution is 2.09. The SMILES string of the molecule is CC(C)=CC=C(C)CC(C)C. The van der Waals surface area contributed by atoms with Crippen LogP contribution in [0.15, 0.2) is 23.3 Å². The molecule has 0 aliphatic heterocycles. The van der Waals surface area contributed by atoms with Gasteiger partial charge in [-0.05, 0) is 33.1 Å². The lowest BCUT2D eigenvalue weighted by Gasteiger charge is -2.02. The number of hydrogen-bond donors (Lipinski definition) is 0. The summed E-state index contributed by atoms with van der Waals surface area (Å²) in [4.78, 5) is 0. The second-order valence-corrected chi connectivity index (χ2v) is 3.86. The maximum atomic E-state index is 2.25. The van der Waals surface area contributed by atoms with Crippen LogP contribution in [0.1, 0.15) is 41.0 Å². The smallest absolute Gasteiger partial charge is 0.0297 e. The van der Waals surface area contributed by atoms with E-state index in [0.717, 1.165) is 5.92 Å². The molecule has 0 aromatic heterocycles. The molecule has 0 saturated carbocycles. The molecule has 0 unspecified atom stereocenters. The molecule has 0 aliphatic carbocycles. The minimum absolute atomic E-state index is 0.775. The van der Waals surface area contributed by atoms with E-state index in [-0.39, 0.29) is 0 Å². The third-order valence-corrected chi connectivity index (χ3v) is 1.43. The fourth-order valence-electron chi connectivity index (χ4n) is 1.02. The van der Waals surface area contributed by atoms with Gasteiger partial charge in [-0.3, -0.25) is 0 Å². The van der Waals surface area contributed by atoms with Gasteiger partial charge >= 0.3 is 0 Å². The molecule has 0 aromatic carbocycles. The third kappa shape index (κ3) is 7.38. The first-order valence-corrected chi connectivity index (χ1v) is 4.33. The van der Waals surface area contributed by atoms with Crippen molar-refractivity contribution in [2.24, 2.45) is 5.92 Å². The van der Waals surface area contributed by atoms with Gasteiger partial charge in [0.05, 0.1) is 0 Å². The molecule has 0 bridgehead atoms. The molecule has 0 aromatic rings. The second kappa shape index (κ2) is 5.17. The molecule has 0 nitrogen and oxygen atoms in total. The van der Waals surface area contributed by atoms with Crippen LogP contribution in [0.2, 0.25) is 0 Å². The summed E-state index contributed by atoms with van der Waals surface area (Å²) in [5.74, 6) is 0.775. The highest BCUT2D eigenvalue weighted by Gasteiger charge is 1.93. The molecule has 0 rings (SSSR count). The Labute approximate surface area is 71.0 Å². The predicted octanol–water partition coefficient (Wildman–Crippen LogP) is 3.95. The zero-order valence-electron chi connectivity index (χ0n) is 8.44. The molecule has 0 heterocycles. The molecule has 0 amide bonds. The minimum atomic E-state index is 0.775. The largest absolute Gasteiger partial charge is 0.0764 e. The highest BCUT2D eigenvalue weighted by atomic mass is 14.0. The molecule has 11 heavy (non-hydrogen) atoms. The van der Waals surface area contributed by atoms with E-state index in [1.54, 1.807) is 0 Å². The number of hydrogen-bond acceptors (Lipinski definition) is 0. The quantitative estimate of drug-likeness (QED) is 0.537. The number of rotatable bonds is 3. The van der Waals surface area contributed by atoms with E-state index in [9.17, 15) is 0 Å². The zero-order valence-corrected chi connectivity index (χ0v) is 8.44. The monoisotopic (exact) mass is 152 g/mol. The van der Waals surface area contributed by atoms with Gasteiger partial charge in [-0.25, -0.2) is 0 Å². The summed E-state index contributed by atoms with van der Waals surface area (Å²) in [5, 5.41) is 0. The molecule has 0 N–H and O–H groups in total. The highest BCUT2D eigenvalue weighted by molar-refractivity contribution is 5.14. The van der Waals surface area contributed by atoms with Crippen molar-refractivity contribution in [3.8, 4) is 0 Å². The summed E-state index contributed by atoms with van der Waals surface area (Å²) in [5.41, 5.74) is 2.84. The molecule has 0 saturated heterocycles. The van der Waals surface area contributed by atoms with Crippen LogP contribution < -0.4 is 0 Å². The van der Waals surface area contributed by atoms with Gasteiger partial charge in [0.1, 0.15) is 0 Å². The van der Waals surface area contributed by atoms with Gasteiger partial charge in [-0.2, -0.15) is 0 Å². The van der Waals surface area contributed by atoms with Crippen LogP contribution in [-0.2, 0) is 0 Å². The van der Waals surface area contributed by atoms with E-state index >= 15 is 0 Å². The summed E-state index contributed by atoms with van der Waals surface area (Å²) < 4.78 is 0. The lowest BCUT2D eigenvalue weighted by atomic mass is 10.0. The molecule has 0 fully saturated rings. The molecular formula is C11H20. The van der Waals surface area contributed by atoms with Crippen LogP contribution >= 0.6 is 0 Å². The normalized spacial score (nSPS) is 12.0. The van der Waals surface area contributed by atoms with Crippen LogP contribution in [0, 0.1) is 5.92 Å². The van der Waals surface area contributed by atoms with E-state index in [1.165, 1.54) is 17.6 Å². The van der Waals surface area contributed by atoms with Crippen LogP contribution in [0.5, 0.6) is 0 Å². The fourth-order valence-corrected chi connectivity index (χ4v) is 1.02. The lowest BCUT2D eigenvalue weighted by Crippen LogP contribution is -1.87. The Hall–Kier alpha value is -0.520. The topological polar surface area (TPSA) is 0 Å². The lowest BCUT2D eigenvalue weighted by molar-refractivity contribution is 0.642. The maximum absolute atomic E-state index is 2.25. The average molecular weight is 152 g/mol. The summed E-state index contributed by atoms with van der Waals surface area (Å²) in [6, 6.07) is 0. The van der Waals surface area contributed by atoms with E-state index in [2.05, 4.69) is 46.8 Å². The Morgan fingerprint density at radius 2 is 1.64 bits per heavy atom. The van der Waals surface area contributed by atoms with E-state index in [4.69, 9.17) is 0 Å². The van der Waals surface area contributed by atoms with Crippen molar-refractivity contribution in [2.75, 3.05) is 0 Å². The van der Waals surface area contributed by atoms with Crippen LogP contribution in [-0.4, -0.2) is 0 Å². The van der Waals surface area contributed by atoms with Gasteiger partial charge in [0, 0.05) is 0 Å². The summed E-state index contributed by atoms with van der Waals surface area (Å²) in [6.07, 6.45) is 5.61. The molecule has 0 aliphatic rings. The average Bonchev–Trinajstić information content (AvgIpc) is 1.82. The van der Waals surface area contributed by atoms with Gasteiger partial charge in [0.2, 0.25) is 0 Å². The minimum Gasteiger partial charge on any atom is -0.0764 e. The van der Waals surface area contributed by atoms with Crippen molar-refractivity contribution in [3.63, 3.8) is 0 Å². The van der Waals surface area contributed by atoms with Gasteiger partial charge in [0.25, 0.3) is 0 Å². The zero-order chi connectivity index (χ0) is 8.85. The van der Waals surface area contributed by atoms with Crippen molar-refractivity contribution in [1.29, 1.82) is 0 Å². The Morgan fingerprint density at radius 1 is 1.09 bits per heavy atom. The molecule has 0 radical (unpaired) electrons. The molecule has 0 atom stereocenters. The first-order chi connectivity index (χ1) is 5.02. The number of allylic oxidation sites excluding steroid dienone is 4. The van der Waals surface area contributed by atoms with E-state index in [0.29, 0.717) is 0 Å². The first-order valence-electron chi connectivity index (χ1n) is 4.33. The van der Waals surface area contributed by atoms with E-state index in [1.807, 2.05) is 0 Å². The van der Waals surface area contributed by atoms with Crippen molar-refractivity contribution >= 4 is 0 Å².